The average molecular weight is 145 g/mol. The van der Waals surface area contributed by atoms with Crippen molar-refractivity contribution < 1.29 is 5.11 Å². The summed E-state index contributed by atoms with van der Waals surface area (Å²) in [6.45, 7) is 2.76. The molecular weight excluding hydrogens is 130 g/mol. The second-order valence-corrected chi connectivity index (χ2v) is 2.28. The molecule has 0 rings (SSSR count). The van der Waals surface area contributed by atoms with Crippen LogP contribution in [-0.2, 0) is 0 Å². The predicted octanol–water partition coefficient (Wildman–Crippen LogP) is -0.851. The number of hydrogen-bond donors (Lipinski definition) is 3. The number of aliphatic hydroxyl groups excluding tert-OH is 1. The van der Waals surface area contributed by atoms with E-state index in [1.54, 1.807) is 7.05 Å². The topological polar surface area (TPSA) is 70.6 Å². The van der Waals surface area contributed by atoms with Gasteiger partial charge in [-0.1, -0.05) is 6.92 Å². The van der Waals surface area contributed by atoms with Gasteiger partial charge in [0.2, 0.25) is 0 Å². The normalized spacial score (nSPS) is 14.9. The number of guanidine groups is 1. The number of nitrogens with zero attached hydrogens (tertiary/aromatic N) is 1. The van der Waals surface area contributed by atoms with Gasteiger partial charge < -0.3 is 16.2 Å². The van der Waals surface area contributed by atoms with Crippen LogP contribution in [0, 0.1) is 5.92 Å². The quantitative estimate of drug-likeness (QED) is 0.358. The molecule has 4 nitrogen and oxygen atoms in total. The Labute approximate surface area is 61.1 Å². The third kappa shape index (κ3) is 4.14. The molecule has 4 N–H and O–H groups in total. The molecule has 0 aromatic rings. The van der Waals surface area contributed by atoms with Crippen LogP contribution in [0.1, 0.15) is 6.92 Å². The van der Waals surface area contributed by atoms with Crippen LogP contribution in [0.25, 0.3) is 0 Å². The average Bonchev–Trinajstić information content (AvgIpc) is 1.99. The van der Waals surface area contributed by atoms with Crippen molar-refractivity contribution in [1.29, 1.82) is 0 Å². The van der Waals surface area contributed by atoms with E-state index in [-0.39, 0.29) is 12.5 Å². The lowest BCUT2D eigenvalue weighted by molar-refractivity contribution is 0.238. The smallest absolute Gasteiger partial charge is 0.188 e. The van der Waals surface area contributed by atoms with Crippen LogP contribution < -0.4 is 11.1 Å². The summed E-state index contributed by atoms with van der Waals surface area (Å²) in [5.74, 6) is 0.639. The zero-order valence-corrected chi connectivity index (χ0v) is 6.46. The highest BCUT2D eigenvalue weighted by atomic mass is 16.3. The van der Waals surface area contributed by atoms with Gasteiger partial charge in [0.25, 0.3) is 0 Å². The van der Waals surface area contributed by atoms with Gasteiger partial charge in [0.1, 0.15) is 0 Å². The third-order valence-electron chi connectivity index (χ3n) is 1.18. The first-order valence-electron chi connectivity index (χ1n) is 3.27. The predicted molar refractivity (Wildman–Crippen MR) is 41.8 cm³/mol. The molecule has 1 atom stereocenters. The van der Waals surface area contributed by atoms with Crippen molar-refractivity contribution in [2.75, 3.05) is 20.2 Å². The first kappa shape index (κ1) is 9.23. The lowest BCUT2D eigenvalue weighted by atomic mass is 10.2. The van der Waals surface area contributed by atoms with E-state index in [9.17, 15) is 0 Å². The van der Waals surface area contributed by atoms with E-state index in [0.29, 0.717) is 12.5 Å². The summed E-state index contributed by atoms with van der Waals surface area (Å²) in [5, 5.41) is 11.5. The molecule has 0 aliphatic rings. The summed E-state index contributed by atoms with van der Waals surface area (Å²) in [6.07, 6.45) is 0. The Bertz CT molecular complexity index is 114. The van der Waals surface area contributed by atoms with Crippen LogP contribution in [0.4, 0.5) is 0 Å². The Morgan fingerprint density at radius 1 is 1.80 bits per heavy atom. The van der Waals surface area contributed by atoms with Crippen LogP contribution in [0.15, 0.2) is 4.99 Å². The lowest BCUT2D eigenvalue weighted by Gasteiger charge is -2.08. The van der Waals surface area contributed by atoms with Crippen molar-refractivity contribution in [3.63, 3.8) is 0 Å². The van der Waals surface area contributed by atoms with Gasteiger partial charge >= 0.3 is 0 Å². The van der Waals surface area contributed by atoms with Gasteiger partial charge in [0, 0.05) is 20.2 Å². The largest absolute Gasteiger partial charge is 0.396 e. The number of nitrogens with one attached hydrogen (secondary N) is 1. The molecule has 0 spiro atoms. The summed E-state index contributed by atoms with van der Waals surface area (Å²) >= 11 is 0. The second kappa shape index (κ2) is 5.05. The number of nitrogens with two attached hydrogens (primary N) is 1. The van der Waals surface area contributed by atoms with E-state index in [4.69, 9.17) is 10.8 Å². The lowest BCUT2D eigenvalue weighted by Crippen LogP contribution is -2.35. The van der Waals surface area contributed by atoms with Crippen molar-refractivity contribution in [3.8, 4) is 0 Å². The molecule has 0 aliphatic carbocycles. The molecule has 4 heteroatoms. The van der Waals surface area contributed by atoms with Gasteiger partial charge in [0.15, 0.2) is 5.96 Å². The monoisotopic (exact) mass is 145 g/mol. The zero-order chi connectivity index (χ0) is 7.98. The van der Waals surface area contributed by atoms with E-state index in [2.05, 4.69) is 10.3 Å². The first-order valence-corrected chi connectivity index (χ1v) is 3.27. The SMILES string of the molecule is CN=C(N)NCC(C)CO. The minimum absolute atomic E-state index is 0.171. The van der Waals surface area contributed by atoms with Crippen molar-refractivity contribution in [1.82, 2.24) is 5.32 Å². The highest BCUT2D eigenvalue weighted by Gasteiger charge is 1.98. The van der Waals surface area contributed by atoms with E-state index in [1.807, 2.05) is 6.92 Å². The maximum atomic E-state index is 8.60. The molecule has 0 aromatic carbocycles. The minimum Gasteiger partial charge on any atom is -0.396 e. The third-order valence-corrected chi connectivity index (χ3v) is 1.18. The van der Waals surface area contributed by atoms with Crippen molar-refractivity contribution in [2.24, 2.45) is 16.6 Å². The van der Waals surface area contributed by atoms with Gasteiger partial charge in [0.05, 0.1) is 0 Å². The fourth-order valence-electron chi connectivity index (χ4n) is 0.422. The standard InChI is InChI=1S/C6H15N3O/c1-5(4-10)3-9-6(7)8-2/h5,10H,3-4H2,1-2H3,(H3,7,8,9). The molecule has 0 radical (unpaired) electrons. The number of aliphatic hydroxyl groups is 1. The summed E-state index contributed by atoms with van der Waals surface area (Å²) < 4.78 is 0. The Kier molecular flexibility index (Phi) is 4.66. The van der Waals surface area contributed by atoms with Gasteiger partial charge in [-0.15, -0.1) is 0 Å². The molecule has 0 heterocycles. The maximum absolute atomic E-state index is 8.60. The van der Waals surface area contributed by atoms with Crippen molar-refractivity contribution in [3.05, 3.63) is 0 Å². The molecular formula is C6H15N3O. The Morgan fingerprint density at radius 2 is 2.40 bits per heavy atom. The number of hydrogen-bond acceptors (Lipinski definition) is 2. The molecule has 0 saturated heterocycles. The highest BCUT2D eigenvalue weighted by molar-refractivity contribution is 5.77. The van der Waals surface area contributed by atoms with Gasteiger partial charge in [-0.3, -0.25) is 4.99 Å². The second-order valence-electron chi connectivity index (χ2n) is 2.28. The van der Waals surface area contributed by atoms with E-state index >= 15 is 0 Å². The summed E-state index contributed by atoms with van der Waals surface area (Å²) in [4.78, 5) is 3.70. The van der Waals surface area contributed by atoms with Crippen LogP contribution in [0.2, 0.25) is 0 Å². The summed E-state index contributed by atoms with van der Waals surface area (Å²) in [7, 11) is 1.62. The fourth-order valence-corrected chi connectivity index (χ4v) is 0.422. The molecule has 0 aromatic heterocycles. The van der Waals surface area contributed by atoms with Crippen molar-refractivity contribution >= 4 is 5.96 Å². The van der Waals surface area contributed by atoms with Crippen LogP contribution in [0.3, 0.4) is 0 Å². The molecule has 0 saturated carbocycles. The Balaban J connectivity index is 3.35. The molecule has 1 unspecified atom stereocenters. The number of aliphatic imine (C=N–C) groups is 1. The van der Waals surface area contributed by atoms with Gasteiger partial charge in [-0.05, 0) is 5.92 Å². The highest BCUT2D eigenvalue weighted by Crippen LogP contribution is 1.87. The number of rotatable bonds is 3. The molecule has 0 amide bonds. The van der Waals surface area contributed by atoms with Crippen LogP contribution in [-0.4, -0.2) is 31.3 Å². The molecule has 0 aliphatic heterocycles. The van der Waals surface area contributed by atoms with Crippen molar-refractivity contribution in [2.45, 2.75) is 6.92 Å². The Hall–Kier alpha value is -0.770. The van der Waals surface area contributed by atoms with Crippen LogP contribution >= 0.6 is 0 Å². The molecule has 0 fully saturated rings. The van der Waals surface area contributed by atoms with E-state index in [1.165, 1.54) is 0 Å². The molecule has 10 heavy (non-hydrogen) atoms. The first-order chi connectivity index (χ1) is 4.70. The van der Waals surface area contributed by atoms with Gasteiger partial charge in [-0.2, -0.15) is 0 Å². The summed E-state index contributed by atoms with van der Waals surface area (Å²) in [6, 6.07) is 0. The fraction of sp³-hybridized carbons (Fsp3) is 0.833. The van der Waals surface area contributed by atoms with Crippen LogP contribution in [0.5, 0.6) is 0 Å². The van der Waals surface area contributed by atoms with E-state index in [0.717, 1.165) is 0 Å². The molecule has 60 valence electrons. The van der Waals surface area contributed by atoms with E-state index < -0.39 is 0 Å². The minimum atomic E-state index is 0.171. The van der Waals surface area contributed by atoms with Gasteiger partial charge in [-0.25, -0.2) is 0 Å². The summed E-state index contributed by atoms with van der Waals surface area (Å²) in [5.41, 5.74) is 5.33. The Morgan fingerprint density at radius 3 is 2.80 bits per heavy atom. The molecule has 0 bridgehead atoms. The zero-order valence-electron chi connectivity index (χ0n) is 6.46. The maximum Gasteiger partial charge on any atom is 0.188 e.